The van der Waals surface area contributed by atoms with Gasteiger partial charge in [-0.25, -0.2) is 0 Å². The summed E-state index contributed by atoms with van der Waals surface area (Å²) in [6, 6.07) is 0.407. The fourth-order valence-corrected chi connectivity index (χ4v) is 2.20. The summed E-state index contributed by atoms with van der Waals surface area (Å²) in [5.41, 5.74) is -0.319. The molecule has 0 bridgehead atoms. The molecule has 2 fully saturated rings. The Morgan fingerprint density at radius 2 is 1.92 bits per heavy atom. The van der Waals surface area contributed by atoms with Gasteiger partial charge in [0.2, 0.25) is 0 Å². The highest BCUT2D eigenvalue weighted by atomic mass is 35.5. The zero-order valence-corrected chi connectivity index (χ0v) is 8.20. The average Bonchev–Trinajstić information content (AvgIpc) is 2.02. The molecule has 0 spiro atoms. The van der Waals surface area contributed by atoms with Gasteiger partial charge in [0.05, 0.1) is 5.60 Å². The van der Waals surface area contributed by atoms with Gasteiger partial charge in [0.15, 0.2) is 0 Å². The van der Waals surface area contributed by atoms with Crippen molar-refractivity contribution in [2.75, 3.05) is 6.54 Å². The third-order valence-electron chi connectivity index (χ3n) is 3.18. The van der Waals surface area contributed by atoms with E-state index in [1.165, 1.54) is 25.7 Å². The summed E-state index contributed by atoms with van der Waals surface area (Å²) in [6.45, 7) is 1.10. The lowest BCUT2D eigenvalue weighted by atomic mass is 9.72. The standard InChI is InChI=1S/C9H17NO.ClH/c11-9(5-3-6-9)8-4-1-2-7-10-8;/h8,10-11H,1-7H2;1H. The minimum atomic E-state index is -0.319. The quantitative estimate of drug-likeness (QED) is 0.658. The van der Waals surface area contributed by atoms with Crippen molar-refractivity contribution < 1.29 is 5.11 Å². The van der Waals surface area contributed by atoms with Crippen molar-refractivity contribution in [1.29, 1.82) is 0 Å². The minimum absolute atomic E-state index is 0. The summed E-state index contributed by atoms with van der Waals surface area (Å²) in [5.74, 6) is 0. The predicted octanol–water partition coefficient (Wildman–Crippen LogP) is 1.47. The minimum Gasteiger partial charge on any atom is -0.388 e. The van der Waals surface area contributed by atoms with Crippen molar-refractivity contribution in [2.45, 2.75) is 50.2 Å². The number of piperidine rings is 1. The summed E-state index contributed by atoms with van der Waals surface area (Å²) in [5, 5.41) is 13.4. The number of halogens is 1. The van der Waals surface area contributed by atoms with E-state index in [1.54, 1.807) is 0 Å². The smallest absolute Gasteiger partial charge is 0.0800 e. The van der Waals surface area contributed by atoms with Gasteiger partial charge in [-0.1, -0.05) is 6.42 Å². The molecule has 2 N–H and O–H groups in total. The van der Waals surface area contributed by atoms with Crippen molar-refractivity contribution in [1.82, 2.24) is 5.32 Å². The first-order valence-electron chi connectivity index (χ1n) is 4.77. The van der Waals surface area contributed by atoms with Crippen LogP contribution in [-0.2, 0) is 0 Å². The molecule has 3 heteroatoms. The lowest BCUT2D eigenvalue weighted by molar-refractivity contribution is -0.0709. The summed E-state index contributed by atoms with van der Waals surface area (Å²) in [4.78, 5) is 0. The molecule has 2 nitrogen and oxygen atoms in total. The molecule has 1 saturated heterocycles. The van der Waals surface area contributed by atoms with Crippen LogP contribution in [0.4, 0.5) is 0 Å². The van der Waals surface area contributed by atoms with Gasteiger partial charge in [0.1, 0.15) is 0 Å². The van der Waals surface area contributed by atoms with E-state index in [2.05, 4.69) is 5.32 Å². The molecule has 0 aromatic carbocycles. The van der Waals surface area contributed by atoms with Crippen molar-refractivity contribution in [3.8, 4) is 0 Å². The second kappa shape index (κ2) is 3.95. The Labute approximate surface area is 80.1 Å². The van der Waals surface area contributed by atoms with Crippen molar-refractivity contribution in [3.63, 3.8) is 0 Å². The number of hydrogen-bond donors (Lipinski definition) is 2. The van der Waals surface area contributed by atoms with Crippen LogP contribution in [0.25, 0.3) is 0 Å². The Hall–Kier alpha value is 0.210. The number of nitrogens with one attached hydrogen (secondary N) is 1. The molecule has 1 aliphatic carbocycles. The van der Waals surface area contributed by atoms with Gasteiger partial charge in [-0.2, -0.15) is 0 Å². The third kappa shape index (κ3) is 1.76. The van der Waals surface area contributed by atoms with Crippen LogP contribution in [0, 0.1) is 0 Å². The van der Waals surface area contributed by atoms with Crippen LogP contribution in [0.3, 0.4) is 0 Å². The summed E-state index contributed by atoms with van der Waals surface area (Å²) in [6.07, 6.45) is 7.01. The molecule has 1 unspecified atom stereocenters. The summed E-state index contributed by atoms with van der Waals surface area (Å²) < 4.78 is 0. The molecule has 12 heavy (non-hydrogen) atoms. The second-order valence-corrected chi connectivity index (χ2v) is 3.96. The Morgan fingerprint density at radius 3 is 2.33 bits per heavy atom. The molecule has 1 atom stereocenters. The molecule has 1 heterocycles. The van der Waals surface area contributed by atoms with Gasteiger partial charge in [-0.3, -0.25) is 0 Å². The summed E-state index contributed by atoms with van der Waals surface area (Å²) >= 11 is 0. The van der Waals surface area contributed by atoms with Gasteiger partial charge in [-0.05, 0) is 38.6 Å². The molecule has 0 aromatic rings. The maximum atomic E-state index is 9.97. The Kier molecular flexibility index (Phi) is 3.38. The number of aliphatic hydroxyl groups is 1. The van der Waals surface area contributed by atoms with E-state index >= 15 is 0 Å². The van der Waals surface area contributed by atoms with Crippen molar-refractivity contribution >= 4 is 12.4 Å². The fraction of sp³-hybridized carbons (Fsp3) is 1.00. The largest absolute Gasteiger partial charge is 0.388 e. The maximum Gasteiger partial charge on any atom is 0.0800 e. The van der Waals surface area contributed by atoms with E-state index in [-0.39, 0.29) is 18.0 Å². The first-order valence-corrected chi connectivity index (χ1v) is 4.77. The van der Waals surface area contributed by atoms with Gasteiger partial charge in [0.25, 0.3) is 0 Å². The lowest BCUT2D eigenvalue weighted by Gasteiger charge is -2.45. The van der Waals surface area contributed by atoms with Crippen LogP contribution < -0.4 is 5.32 Å². The Bertz CT molecular complexity index is 141. The molecular formula is C9H18ClNO. The molecule has 0 aromatic heterocycles. The first kappa shape index (κ1) is 10.3. The van der Waals surface area contributed by atoms with Crippen LogP contribution in [0.1, 0.15) is 38.5 Å². The monoisotopic (exact) mass is 191 g/mol. The van der Waals surface area contributed by atoms with E-state index < -0.39 is 0 Å². The van der Waals surface area contributed by atoms with Crippen LogP contribution in [0.15, 0.2) is 0 Å². The van der Waals surface area contributed by atoms with Crippen molar-refractivity contribution in [2.24, 2.45) is 0 Å². The first-order chi connectivity index (χ1) is 5.31. The van der Waals surface area contributed by atoms with Gasteiger partial charge in [0, 0.05) is 6.04 Å². The second-order valence-electron chi connectivity index (χ2n) is 3.96. The molecule has 0 amide bonds. The Morgan fingerprint density at radius 1 is 1.17 bits per heavy atom. The third-order valence-corrected chi connectivity index (χ3v) is 3.18. The van der Waals surface area contributed by atoms with E-state index in [4.69, 9.17) is 0 Å². The Balaban J connectivity index is 0.000000720. The van der Waals surface area contributed by atoms with Crippen LogP contribution >= 0.6 is 12.4 Å². The average molecular weight is 192 g/mol. The molecule has 1 saturated carbocycles. The molecule has 0 radical (unpaired) electrons. The lowest BCUT2D eigenvalue weighted by Crippen LogP contribution is -2.56. The highest BCUT2D eigenvalue weighted by Gasteiger charge is 2.42. The number of hydrogen-bond acceptors (Lipinski definition) is 2. The molecular weight excluding hydrogens is 174 g/mol. The molecule has 1 aliphatic heterocycles. The zero-order chi connectivity index (χ0) is 7.73. The zero-order valence-electron chi connectivity index (χ0n) is 7.38. The van der Waals surface area contributed by atoms with E-state index in [1.807, 2.05) is 0 Å². The maximum absolute atomic E-state index is 9.97. The SMILES string of the molecule is Cl.OC1(C2CCCCN2)CCC1. The topological polar surface area (TPSA) is 32.3 Å². The number of rotatable bonds is 1. The highest BCUT2D eigenvalue weighted by Crippen LogP contribution is 2.37. The molecule has 2 rings (SSSR count). The predicted molar refractivity (Wildman–Crippen MR) is 51.7 cm³/mol. The normalized spacial score (nSPS) is 33.2. The van der Waals surface area contributed by atoms with Gasteiger partial charge >= 0.3 is 0 Å². The van der Waals surface area contributed by atoms with E-state index in [0.717, 1.165) is 19.4 Å². The highest BCUT2D eigenvalue weighted by molar-refractivity contribution is 5.85. The van der Waals surface area contributed by atoms with Gasteiger partial charge < -0.3 is 10.4 Å². The van der Waals surface area contributed by atoms with Crippen LogP contribution in [0.2, 0.25) is 0 Å². The van der Waals surface area contributed by atoms with E-state index in [0.29, 0.717) is 6.04 Å². The molecule has 2 aliphatic rings. The van der Waals surface area contributed by atoms with Crippen molar-refractivity contribution in [3.05, 3.63) is 0 Å². The van der Waals surface area contributed by atoms with Crippen LogP contribution in [-0.4, -0.2) is 23.3 Å². The van der Waals surface area contributed by atoms with Gasteiger partial charge in [-0.15, -0.1) is 12.4 Å². The molecule has 72 valence electrons. The van der Waals surface area contributed by atoms with Crippen LogP contribution in [0.5, 0.6) is 0 Å². The fourth-order valence-electron chi connectivity index (χ4n) is 2.20. The summed E-state index contributed by atoms with van der Waals surface area (Å²) in [7, 11) is 0. The van der Waals surface area contributed by atoms with E-state index in [9.17, 15) is 5.11 Å².